The zero-order valence-corrected chi connectivity index (χ0v) is 19.5. The van der Waals surface area contributed by atoms with Crippen LogP contribution < -0.4 is 5.32 Å². The maximum Gasteiger partial charge on any atom is 0.314 e. The summed E-state index contributed by atoms with van der Waals surface area (Å²) in [7, 11) is 0. The average molecular weight is 424 g/mol. The van der Waals surface area contributed by atoms with Crippen LogP contribution in [0.5, 0.6) is 0 Å². The van der Waals surface area contributed by atoms with E-state index in [1.165, 1.54) is 12.0 Å². The summed E-state index contributed by atoms with van der Waals surface area (Å²) in [5.41, 5.74) is -1.04. The van der Waals surface area contributed by atoms with Crippen molar-refractivity contribution in [3.05, 3.63) is 35.9 Å². The van der Waals surface area contributed by atoms with Gasteiger partial charge in [0.15, 0.2) is 0 Å². The number of nitrogens with one attached hydrogen (secondary N) is 1. The van der Waals surface area contributed by atoms with E-state index in [2.05, 4.69) is 5.32 Å². The van der Waals surface area contributed by atoms with Crippen LogP contribution in [0.4, 0.5) is 0 Å². The second-order valence-corrected chi connectivity index (χ2v) is 10.1. The lowest BCUT2D eigenvalue weighted by atomic mass is 9.77. The molecule has 0 aliphatic carbocycles. The van der Waals surface area contributed by atoms with Crippen molar-refractivity contribution >= 4 is 18.0 Å². The third kappa shape index (κ3) is 6.20. The Morgan fingerprint density at radius 3 is 2.59 bits per heavy atom. The number of hydrogen-bond acceptors (Lipinski definition) is 6. The van der Waals surface area contributed by atoms with Crippen LogP contribution in [0.15, 0.2) is 30.3 Å². The highest BCUT2D eigenvalue weighted by Crippen LogP contribution is 2.38. The molecule has 1 aromatic rings. The van der Waals surface area contributed by atoms with Crippen LogP contribution in [0.25, 0.3) is 0 Å². The fourth-order valence-corrected chi connectivity index (χ4v) is 4.17. The van der Waals surface area contributed by atoms with E-state index in [1.54, 1.807) is 13.8 Å². The van der Waals surface area contributed by atoms with Gasteiger partial charge in [-0.25, -0.2) is 0 Å². The Morgan fingerprint density at radius 2 is 1.97 bits per heavy atom. The minimum absolute atomic E-state index is 0.129. The van der Waals surface area contributed by atoms with Crippen LogP contribution in [0, 0.1) is 11.3 Å². The van der Waals surface area contributed by atoms with Crippen LogP contribution >= 0.6 is 12.0 Å². The largest absolute Gasteiger partial charge is 0.457 e. The summed E-state index contributed by atoms with van der Waals surface area (Å²) >= 11 is 1.39. The number of benzene rings is 1. The zero-order chi connectivity index (χ0) is 21.7. The highest BCUT2D eigenvalue weighted by Gasteiger charge is 2.46. The first-order valence-electron chi connectivity index (χ1n) is 10.5. The summed E-state index contributed by atoms with van der Waals surface area (Å²) in [6.45, 7) is 12.7. The molecule has 1 aromatic carbocycles. The summed E-state index contributed by atoms with van der Waals surface area (Å²) in [5, 5.41) is 13.5. The summed E-state index contributed by atoms with van der Waals surface area (Å²) < 4.78 is 11.6. The van der Waals surface area contributed by atoms with Gasteiger partial charge in [-0.05, 0) is 84.5 Å². The maximum absolute atomic E-state index is 13.0. The fraction of sp³-hybridized carbons (Fsp3) is 0.696. The molecule has 1 aliphatic heterocycles. The zero-order valence-electron chi connectivity index (χ0n) is 18.7. The molecular formula is C23H37NO4S. The van der Waals surface area contributed by atoms with E-state index in [1.807, 2.05) is 58.0 Å². The molecule has 0 bridgehead atoms. The Labute approximate surface area is 180 Å². The van der Waals surface area contributed by atoms with Crippen molar-refractivity contribution in [2.45, 2.75) is 71.7 Å². The quantitative estimate of drug-likeness (QED) is 0.328. The summed E-state index contributed by atoms with van der Waals surface area (Å²) in [4.78, 5) is 13.0. The van der Waals surface area contributed by atoms with Crippen molar-refractivity contribution in [2.75, 3.05) is 18.8 Å². The molecule has 2 rings (SSSR count). The van der Waals surface area contributed by atoms with Gasteiger partial charge in [0.25, 0.3) is 0 Å². The summed E-state index contributed by atoms with van der Waals surface area (Å²) in [6.07, 6.45) is 1.61. The lowest BCUT2D eigenvalue weighted by Gasteiger charge is -2.36. The van der Waals surface area contributed by atoms with Gasteiger partial charge in [-0.3, -0.25) is 4.79 Å². The standard InChI is InChI=1S/C23H37NO4S/c1-17(18-11-8-7-9-12-18)27-20(25)23(6)16-24-15-19(23)13-10-14-29-28-22(4,5)21(2,3)26/h7-9,11-12,17,19,24,26H,10,13-16H2,1-6H3/t17-,19+,23-/m1/s1. The number of carbonyl (C=O) groups excluding carboxylic acids is 1. The fourth-order valence-electron chi connectivity index (χ4n) is 3.30. The number of rotatable bonds is 10. The molecule has 0 unspecified atom stereocenters. The Bertz CT molecular complexity index is 659. The van der Waals surface area contributed by atoms with Crippen molar-refractivity contribution in [3.63, 3.8) is 0 Å². The van der Waals surface area contributed by atoms with Gasteiger partial charge in [0, 0.05) is 12.3 Å². The van der Waals surface area contributed by atoms with Crippen molar-refractivity contribution in [2.24, 2.45) is 11.3 Å². The number of carbonyl (C=O) groups is 1. The molecule has 0 spiro atoms. The van der Waals surface area contributed by atoms with E-state index < -0.39 is 16.6 Å². The van der Waals surface area contributed by atoms with Gasteiger partial charge < -0.3 is 19.3 Å². The lowest BCUT2D eigenvalue weighted by molar-refractivity contribution is -0.161. The molecule has 164 valence electrons. The molecule has 0 amide bonds. The predicted molar refractivity (Wildman–Crippen MR) is 119 cm³/mol. The molecule has 29 heavy (non-hydrogen) atoms. The Balaban J connectivity index is 1.83. The van der Waals surface area contributed by atoms with Crippen LogP contribution in [0.3, 0.4) is 0 Å². The first-order valence-corrected chi connectivity index (χ1v) is 11.4. The Hall–Kier alpha value is -1.08. The molecule has 0 aromatic heterocycles. The maximum atomic E-state index is 13.0. The minimum atomic E-state index is -0.910. The summed E-state index contributed by atoms with van der Waals surface area (Å²) in [6, 6.07) is 9.84. The van der Waals surface area contributed by atoms with E-state index in [0.29, 0.717) is 6.54 Å². The van der Waals surface area contributed by atoms with Crippen LogP contribution in [0.1, 0.15) is 66.1 Å². The van der Waals surface area contributed by atoms with Crippen molar-refractivity contribution in [1.29, 1.82) is 0 Å². The first kappa shape index (κ1) is 24.2. The molecule has 3 atom stereocenters. The van der Waals surface area contributed by atoms with E-state index >= 15 is 0 Å². The molecule has 1 fully saturated rings. The van der Waals surface area contributed by atoms with Gasteiger partial charge in [0.05, 0.1) is 11.0 Å². The molecule has 5 nitrogen and oxygen atoms in total. The van der Waals surface area contributed by atoms with E-state index in [0.717, 1.165) is 30.7 Å². The second kappa shape index (κ2) is 9.82. The highest BCUT2D eigenvalue weighted by atomic mass is 32.2. The van der Waals surface area contributed by atoms with E-state index in [9.17, 15) is 9.90 Å². The van der Waals surface area contributed by atoms with Crippen molar-refractivity contribution < 1.29 is 18.8 Å². The third-order valence-corrected chi connectivity index (χ3v) is 7.31. The van der Waals surface area contributed by atoms with Crippen molar-refractivity contribution in [3.8, 4) is 0 Å². The van der Waals surface area contributed by atoms with Gasteiger partial charge in [0.2, 0.25) is 0 Å². The Morgan fingerprint density at radius 1 is 1.31 bits per heavy atom. The molecule has 0 saturated carbocycles. The van der Waals surface area contributed by atoms with Gasteiger partial charge in [-0.15, -0.1) is 0 Å². The second-order valence-electron chi connectivity index (χ2n) is 9.32. The van der Waals surface area contributed by atoms with E-state index in [4.69, 9.17) is 8.92 Å². The van der Waals surface area contributed by atoms with Gasteiger partial charge >= 0.3 is 5.97 Å². The Kier molecular flexibility index (Phi) is 8.19. The van der Waals surface area contributed by atoms with Gasteiger partial charge in [-0.1, -0.05) is 30.3 Å². The van der Waals surface area contributed by atoms with E-state index in [-0.39, 0.29) is 18.0 Å². The summed E-state index contributed by atoms with van der Waals surface area (Å²) in [5.74, 6) is 0.929. The first-order chi connectivity index (χ1) is 13.5. The normalized spacial score (nSPS) is 23.8. The smallest absolute Gasteiger partial charge is 0.314 e. The van der Waals surface area contributed by atoms with Crippen LogP contribution in [-0.2, 0) is 13.7 Å². The van der Waals surface area contributed by atoms with Gasteiger partial charge in [-0.2, -0.15) is 0 Å². The highest BCUT2D eigenvalue weighted by molar-refractivity contribution is 7.94. The lowest BCUT2D eigenvalue weighted by Crippen LogP contribution is -2.45. The topological polar surface area (TPSA) is 67.8 Å². The minimum Gasteiger partial charge on any atom is -0.457 e. The monoisotopic (exact) mass is 423 g/mol. The number of ether oxygens (including phenoxy) is 1. The molecule has 1 heterocycles. The van der Waals surface area contributed by atoms with Crippen LogP contribution in [-0.4, -0.2) is 41.1 Å². The van der Waals surface area contributed by atoms with Crippen LogP contribution in [0.2, 0.25) is 0 Å². The SMILES string of the molecule is C[C@@H](OC(=O)[C@]1(C)CNC[C@@H]1CCCSOC(C)(C)C(C)(C)O)c1ccccc1. The molecular weight excluding hydrogens is 386 g/mol. The molecule has 1 saturated heterocycles. The number of hydrogen-bond donors (Lipinski definition) is 2. The average Bonchev–Trinajstić information content (AvgIpc) is 3.03. The molecule has 1 aliphatic rings. The molecule has 6 heteroatoms. The molecule has 2 N–H and O–H groups in total. The third-order valence-electron chi connectivity index (χ3n) is 6.32. The number of aliphatic hydroxyl groups is 1. The van der Waals surface area contributed by atoms with Gasteiger partial charge in [0.1, 0.15) is 11.7 Å². The molecule has 0 radical (unpaired) electrons. The predicted octanol–water partition coefficient (Wildman–Crippen LogP) is 4.51. The van der Waals surface area contributed by atoms with Crippen molar-refractivity contribution in [1.82, 2.24) is 5.32 Å². The number of esters is 1.